The van der Waals surface area contributed by atoms with E-state index >= 15 is 0 Å². The summed E-state index contributed by atoms with van der Waals surface area (Å²) < 4.78 is 44.3. The van der Waals surface area contributed by atoms with E-state index in [4.69, 9.17) is 0 Å². The van der Waals surface area contributed by atoms with Gasteiger partial charge in [-0.05, 0) is 23.8 Å². The molecule has 4 rings (SSSR count). The van der Waals surface area contributed by atoms with Gasteiger partial charge in [-0.3, -0.25) is 4.79 Å². The van der Waals surface area contributed by atoms with Gasteiger partial charge in [-0.25, -0.2) is 4.98 Å². The van der Waals surface area contributed by atoms with Crippen molar-refractivity contribution in [1.82, 2.24) is 24.7 Å². The van der Waals surface area contributed by atoms with E-state index in [1.165, 1.54) is 12.3 Å². The molecule has 1 aromatic carbocycles. The summed E-state index contributed by atoms with van der Waals surface area (Å²) in [7, 11) is 1.86. The van der Waals surface area contributed by atoms with E-state index in [1.54, 1.807) is 6.33 Å². The van der Waals surface area contributed by atoms with Crippen molar-refractivity contribution in [3.05, 3.63) is 64.2 Å². The maximum absolute atomic E-state index is 12.7. The molecule has 0 spiro atoms. The largest absolute Gasteiger partial charge is 0.471 e. The van der Waals surface area contributed by atoms with Crippen LogP contribution in [0.1, 0.15) is 17.0 Å². The Kier molecular flexibility index (Phi) is 3.83. The molecule has 3 aromatic heterocycles. The molecule has 7 nitrogen and oxygen atoms in total. The number of alkyl halides is 3. The average molecular weight is 375 g/mol. The van der Waals surface area contributed by atoms with Gasteiger partial charge >= 0.3 is 12.1 Å². The van der Waals surface area contributed by atoms with Crippen molar-refractivity contribution in [2.24, 2.45) is 7.05 Å². The van der Waals surface area contributed by atoms with Crippen LogP contribution in [0.25, 0.3) is 22.4 Å². The smallest absolute Gasteiger partial charge is 0.334 e. The molecule has 3 heterocycles. The fraction of sp³-hybridized carbons (Fsp3) is 0.176. The highest BCUT2D eigenvalue weighted by Crippen LogP contribution is 2.30. The fourth-order valence-corrected chi connectivity index (χ4v) is 2.84. The van der Waals surface area contributed by atoms with Gasteiger partial charge in [0.1, 0.15) is 0 Å². The number of aromatic amines is 1. The van der Waals surface area contributed by atoms with Gasteiger partial charge in [-0.1, -0.05) is 11.2 Å². The van der Waals surface area contributed by atoms with Crippen molar-refractivity contribution in [3.63, 3.8) is 0 Å². The number of benzene rings is 1. The number of hydrogen-bond donors (Lipinski definition) is 1. The molecule has 0 saturated heterocycles. The molecule has 0 unspecified atom stereocenters. The van der Waals surface area contributed by atoms with Gasteiger partial charge in [-0.2, -0.15) is 18.2 Å². The Morgan fingerprint density at radius 2 is 2.07 bits per heavy atom. The zero-order valence-corrected chi connectivity index (χ0v) is 13.9. The second-order valence-electron chi connectivity index (χ2n) is 5.98. The van der Waals surface area contributed by atoms with Crippen LogP contribution in [-0.4, -0.2) is 24.7 Å². The second kappa shape index (κ2) is 6.08. The van der Waals surface area contributed by atoms with Crippen molar-refractivity contribution >= 4 is 11.0 Å². The van der Waals surface area contributed by atoms with Gasteiger partial charge in [0.2, 0.25) is 5.82 Å². The SMILES string of the molecule is Cn1cnc2cc(Cc3c(-c4noc(C(F)(F)F)n4)cc[nH]c3=O)ccc21. The van der Waals surface area contributed by atoms with Crippen molar-refractivity contribution in [3.8, 4) is 11.4 Å². The topological polar surface area (TPSA) is 89.6 Å². The lowest BCUT2D eigenvalue weighted by molar-refractivity contribution is -0.159. The van der Waals surface area contributed by atoms with E-state index in [1.807, 2.05) is 29.8 Å². The van der Waals surface area contributed by atoms with Crippen molar-refractivity contribution in [1.29, 1.82) is 0 Å². The van der Waals surface area contributed by atoms with Crippen LogP contribution in [0.2, 0.25) is 0 Å². The third kappa shape index (κ3) is 3.09. The Hall–Kier alpha value is -3.43. The minimum Gasteiger partial charge on any atom is -0.334 e. The van der Waals surface area contributed by atoms with Crippen LogP contribution in [-0.2, 0) is 19.6 Å². The third-order valence-electron chi connectivity index (χ3n) is 4.14. The third-order valence-corrected chi connectivity index (χ3v) is 4.14. The molecule has 0 amide bonds. The molecule has 4 aromatic rings. The van der Waals surface area contributed by atoms with E-state index in [-0.39, 0.29) is 23.4 Å². The van der Waals surface area contributed by atoms with Crippen molar-refractivity contribution in [2.45, 2.75) is 12.6 Å². The maximum Gasteiger partial charge on any atom is 0.471 e. The first-order chi connectivity index (χ1) is 12.8. The number of aromatic nitrogens is 5. The molecule has 10 heteroatoms. The highest BCUT2D eigenvalue weighted by Gasteiger charge is 2.38. The highest BCUT2D eigenvalue weighted by atomic mass is 19.4. The number of rotatable bonds is 3. The predicted octanol–water partition coefficient (Wildman–Crippen LogP) is 2.92. The number of pyridine rings is 1. The molecule has 1 N–H and O–H groups in total. The van der Waals surface area contributed by atoms with E-state index < -0.39 is 17.6 Å². The zero-order valence-electron chi connectivity index (χ0n) is 13.9. The summed E-state index contributed by atoms with van der Waals surface area (Å²) in [5.74, 6) is -1.75. The Bertz CT molecular complexity index is 1190. The van der Waals surface area contributed by atoms with Crippen LogP contribution >= 0.6 is 0 Å². The molecule has 0 aliphatic carbocycles. The van der Waals surface area contributed by atoms with Gasteiger partial charge < -0.3 is 14.1 Å². The van der Waals surface area contributed by atoms with E-state index in [9.17, 15) is 18.0 Å². The molecule has 27 heavy (non-hydrogen) atoms. The lowest BCUT2D eigenvalue weighted by Gasteiger charge is -2.06. The summed E-state index contributed by atoms with van der Waals surface area (Å²) in [6, 6.07) is 6.96. The number of nitrogens with one attached hydrogen (secondary N) is 1. The predicted molar refractivity (Wildman–Crippen MR) is 88.9 cm³/mol. The van der Waals surface area contributed by atoms with E-state index in [0.717, 1.165) is 16.6 Å². The Labute approximate surface area is 149 Å². The molecular weight excluding hydrogens is 363 g/mol. The Morgan fingerprint density at radius 3 is 2.81 bits per heavy atom. The summed E-state index contributed by atoms with van der Waals surface area (Å²) in [6.07, 6.45) is -1.58. The lowest BCUT2D eigenvalue weighted by atomic mass is 10.0. The minimum absolute atomic E-state index is 0.175. The molecule has 138 valence electrons. The molecule has 0 bridgehead atoms. The van der Waals surface area contributed by atoms with Crippen LogP contribution in [0, 0.1) is 0 Å². The van der Waals surface area contributed by atoms with Crippen LogP contribution < -0.4 is 5.56 Å². The first-order valence-electron chi connectivity index (χ1n) is 7.85. The average Bonchev–Trinajstić information content (AvgIpc) is 3.24. The number of imidazole rings is 1. The van der Waals surface area contributed by atoms with Crippen LogP contribution in [0.3, 0.4) is 0 Å². The van der Waals surface area contributed by atoms with Gasteiger partial charge in [-0.15, -0.1) is 0 Å². The summed E-state index contributed by atoms with van der Waals surface area (Å²) in [6.45, 7) is 0. The van der Waals surface area contributed by atoms with Crippen LogP contribution in [0.4, 0.5) is 13.2 Å². The number of hydrogen-bond acceptors (Lipinski definition) is 5. The molecular formula is C17H12F3N5O2. The van der Waals surface area contributed by atoms with Gasteiger partial charge in [0.15, 0.2) is 0 Å². The molecule has 0 atom stereocenters. The maximum atomic E-state index is 12.7. The van der Waals surface area contributed by atoms with Gasteiger partial charge in [0.05, 0.1) is 17.4 Å². The molecule has 0 aliphatic heterocycles. The second-order valence-corrected chi connectivity index (χ2v) is 5.98. The zero-order chi connectivity index (χ0) is 19.2. The monoisotopic (exact) mass is 375 g/mol. The summed E-state index contributed by atoms with van der Waals surface area (Å²) >= 11 is 0. The number of aryl methyl sites for hydroxylation is 1. The summed E-state index contributed by atoms with van der Waals surface area (Å²) in [4.78, 5) is 22.5. The van der Waals surface area contributed by atoms with E-state index in [0.29, 0.717) is 0 Å². The normalized spacial score (nSPS) is 12.0. The number of fused-ring (bicyclic) bond motifs is 1. The molecule has 0 aliphatic rings. The quantitative estimate of drug-likeness (QED) is 0.595. The standard InChI is InChI=1S/C17H12F3N5O2/c1-25-8-22-12-7-9(2-3-13(12)25)6-11-10(4-5-21-15(11)26)14-23-16(27-24-14)17(18,19)20/h2-5,7-8H,6H2,1H3,(H,21,26). The first-order valence-corrected chi connectivity index (χ1v) is 7.85. The number of nitrogens with zero attached hydrogens (tertiary/aromatic N) is 4. The lowest BCUT2D eigenvalue weighted by Crippen LogP contribution is -2.14. The Morgan fingerprint density at radius 1 is 1.26 bits per heavy atom. The van der Waals surface area contributed by atoms with Gasteiger partial charge in [0.25, 0.3) is 5.56 Å². The molecule has 0 saturated carbocycles. The first kappa shape index (κ1) is 17.0. The summed E-state index contributed by atoms with van der Waals surface area (Å²) in [5.41, 5.74) is 2.43. The molecule has 0 radical (unpaired) electrons. The fourth-order valence-electron chi connectivity index (χ4n) is 2.84. The van der Waals surface area contributed by atoms with E-state index in [2.05, 4.69) is 24.6 Å². The number of halogens is 3. The number of H-pyrrole nitrogens is 1. The van der Waals surface area contributed by atoms with Crippen molar-refractivity contribution < 1.29 is 17.7 Å². The van der Waals surface area contributed by atoms with Crippen LogP contribution in [0.15, 0.2) is 46.1 Å². The molecule has 0 fully saturated rings. The van der Waals surface area contributed by atoms with Gasteiger partial charge in [0, 0.05) is 30.8 Å². The van der Waals surface area contributed by atoms with Crippen molar-refractivity contribution in [2.75, 3.05) is 0 Å². The summed E-state index contributed by atoms with van der Waals surface area (Å²) in [5, 5.41) is 3.37. The Balaban J connectivity index is 1.76. The highest BCUT2D eigenvalue weighted by molar-refractivity contribution is 5.76. The minimum atomic E-state index is -4.75. The van der Waals surface area contributed by atoms with Crippen LogP contribution in [0.5, 0.6) is 0 Å².